The molecule has 4 rings (SSSR count). The Kier molecular flexibility index (Phi) is 5.11. The van der Waals surface area contributed by atoms with Crippen molar-refractivity contribution in [1.82, 2.24) is 0 Å². The first kappa shape index (κ1) is 17.9. The van der Waals surface area contributed by atoms with E-state index in [9.17, 15) is 9.59 Å². The van der Waals surface area contributed by atoms with Crippen LogP contribution >= 0.6 is 0 Å². The summed E-state index contributed by atoms with van der Waals surface area (Å²) in [6.07, 6.45) is 0.194. The lowest BCUT2D eigenvalue weighted by Crippen LogP contribution is -2.28. The zero-order valence-electron chi connectivity index (χ0n) is 15.2. The highest BCUT2D eigenvalue weighted by atomic mass is 16.7. The Balaban J connectivity index is 1.72. The topological polar surface area (TPSA) is 55.7 Å². The van der Waals surface area contributed by atoms with Crippen LogP contribution in [0, 0.1) is 5.92 Å². The van der Waals surface area contributed by atoms with Gasteiger partial charge in [0, 0.05) is 23.5 Å². The third kappa shape index (κ3) is 3.62. The number of carbonyl (C=O) groups is 2. The van der Waals surface area contributed by atoms with Crippen LogP contribution in [0.4, 0.5) is 0 Å². The maximum Gasteiger partial charge on any atom is 0.344 e. The molecule has 0 saturated carbocycles. The van der Waals surface area contributed by atoms with Crippen LogP contribution in [0.3, 0.4) is 0 Å². The smallest absolute Gasteiger partial charge is 0.317 e. The SMILES string of the molecule is O=C(CC(c1ccccc1)C1C(=O)ON=C1c1ccccc1)c1ccccc1. The predicted molar refractivity (Wildman–Crippen MR) is 107 cm³/mol. The molecule has 0 amide bonds. The second kappa shape index (κ2) is 8.01. The summed E-state index contributed by atoms with van der Waals surface area (Å²) in [6.45, 7) is 0. The molecule has 0 radical (unpaired) electrons. The fraction of sp³-hybridized carbons (Fsp3) is 0.125. The van der Waals surface area contributed by atoms with Crippen molar-refractivity contribution >= 4 is 17.5 Å². The number of benzene rings is 3. The van der Waals surface area contributed by atoms with Crippen molar-refractivity contribution in [1.29, 1.82) is 0 Å². The second-order valence-corrected chi connectivity index (χ2v) is 6.74. The number of ketones is 1. The van der Waals surface area contributed by atoms with Crippen LogP contribution in [-0.2, 0) is 9.63 Å². The first-order valence-electron chi connectivity index (χ1n) is 9.21. The minimum Gasteiger partial charge on any atom is -0.317 e. The van der Waals surface area contributed by atoms with E-state index >= 15 is 0 Å². The third-order valence-corrected chi connectivity index (χ3v) is 4.98. The van der Waals surface area contributed by atoms with E-state index in [1.807, 2.05) is 78.9 Å². The first-order chi connectivity index (χ1) is 13.7. The van der Waals surface area contributed by atoms with Crippen molar-refractivity contribution in [2.75, 3.05) is 0 Å². The summed E-state index contributed by atoms with van der Waals surface area (Å²) in [5, 5.41) is 4.05. The molecule has 28 heavy (non-hydrogen) atoms. The highest BCUT2D eigenvalue weighted by molar-refractivity contribution is 6.15. The Morgan fingerprint density at radius 3 is 2.07 bits per heavy atom. The summed E-state index contributed by atoms with van der Waals surface area (Å²) >= 11 is 0. The standard InChI is InChI=1S/C24H19NO3/c26-21(18-12-6-2-7-13-18)16-20(17-10-4-1-5-11-17)22-23(25-28-24(22)27)19-14-8-3-9-15-19/h1-15,20,22H,16H2. The quantitative estimate of drug-likeness (QED) is 0.471. The maximum absolute atomic E-state index is 12.9. The molecule has 4 heteroatoms. The third-order valence-electron chi connectivity index (χ3n) is 4.98. The summed E-state index contributed by atoms with van der Waals surface area (Å²) in [5.74, 6) is -1.42. The van der Waals surface area contributed by atoms with Gasteiger partial charge in [0.15, 0.2) is 5.78 Å². The van der Waals surface area contributed by atoms with Crippen LogP contribution in [0.1, 0.15) is 33.8 Å². The molecule has 3 aromatic rings. The molecule has 1 aliphatic rings. The van der Waals surface area contributed by atoms with Crippen molar-refractivity contribution < 1.29 is 14.4 Å². The zero-order valence-corrected chi connectivity index (χ0v) is 15.2. The molecule has 2 unspecified atom stereocenters. The number of hydrogen-bond acceptors (Lipinski definition) is 4. The molecule has 0 saturated heterocycles. The molecule has 1 aliphatic heterocycles. The minimum atomic E-state index is -0.627. The summed E-state index contributed by atoms with van der Waals surface area (Å²) in [5.41, 5.74) is 2.94. The van der Waals surface area contributed by atoms with Crippen molar-refractivity contribution in [3.05, 3.63) is 108 Å². The number of nitrogens with zero attached hydrogens (tertiary/aromatic N) is 1. The Labute approximate surface area is 163 Å². The predicted octanol–water partition coefficient (Wildman–Crippen LogP) is 4.62. The lowest BCUT2D eigenvalue weighted by molar-refractivity contribution is -0.143. The molecule has 0 N–H and O–H groups in total. The highest BCUT2D eigenvalue weighted by Crippen LogP contribution is 2.36. The molecule has 0 spiro atoms. The van der Waals surface area contributed by atoms with Gasteiger partial charge in [0.2, 0.25) is 0 Å². The summed E-state index contributed by atoms with van der Waals surface area (Å²) in [4.78, 5) is 30.6. The summed E-state index contributed by atoms with van der Waals surface area (Å²) in [7, 11) is 0. The molecular weight excluding hydrogens is 350 g/mol. The van der Waals surface area contributed by atoms with E-state index in [0.29, 0.717) is 11.3 Å². The average molecular weight is 369 g/mol. The maximum atomic E-state index is 12.9. The van der Waals surface area contributed by atoms with Crippen LogP contribution in [0.2, 0.25) is 0 Å². The van der Waals surface area contributed by atoms with Gasteiger partial charge in [-0.1, -0.05) is 96.2 Å². The van der Waals surface area contributed by atoms with E-state index in [2.05, 4.69) is 5.16 Å². The van der Waals surface area contributed by atoms with E-state index in [1.54, 1.807) is 12.1 Å². The fourth-order valence-corrected chi connectivity index (χ4v) is 3.59. The molecule has 2 atom stereocenters. The van der Waals surface area contributed by atoms with Gasteiger partial charge in [0.05, 0.1) is 0 Å². The molecular formula is C24H19NO3. The van der Waals surface area contributed by atoms with Gasteiger partial charge in [-0.15, -0.1) is 0 Å². The lowest BCUT2D eigenvalue weighted by atomic mass is 9.77. The monoisotopic (exact) mass is 369 g/mol. The molecule has 3 aromatic carbocycles. The molecule has 138 valence electrons. The van der Waals surface area contributed by atoms with Crippen molar-refractivity contribution in [3.8, 4) is 0 Å². The van der Waals surface area contributed by atoms with Gasteiger partial charge < -0.3 is 4.84 Å². The highest BCUT2D eigenvalue weighted by Gasteiger charge is 2.41. The normalized spacial score (nSPS) is 16.9. The number of hydrogen-bond donors (Lipinski definition) is 0. The van der Waals surface area contributed by atoms with Gasteiger partial charge in [-0.05, 0) is 5.56 Å². The number of Topliss-reactive ketones (excluding diaryl/α,β-unsaturated/α-hetero) is 1. The van der Waals surface area contributed by atoms with Gasteiger partial charge in [0.25, 0.3) is 0 Å². The van der Waals surface area contributed by atoms with Gasteiger partial charge in [0.1, 0.15) is 11.6 Å². The van der Waals surface area contributed by atoms with Crippen molar-refractivity contribution in [2.45, 2.75) is 12.3 Å². The zero-order chi connectivity index (χ0) is 19.3. The average Bonchev–Trinajstić information content (AvgIpc) is 3.15. The largest absolute Gasteiger partial charge is 0.344 e. The Morgan fingerprint density at radius 1 is 0.857 bits per heavy atom. The summed E-state index contributed by atoms with van der Waals surface area (Å²) in [6, 6.07) is 28.3. The van der Waals surface area contributed by atoms with Gasteiger partial charge in [-0.25, -0.2) is 4.79 Å². The van der Waals surface area contributed by atoms with Crippen LogP contribution in [0.15, 0.2) is 96.2 Å². The summed E-state index contributed by atoms with van der Waals surface area (Å²) < 4.78 is 0. The van der Waals surface area contributed by atoms with E-state index < -0.39 is 11.9 Å². The fourth-order valence-electron chi connectivity index (χ4n) is 3.59. The number of rotatable bonds is 6. The number of carbonyl (C=O) groups excluding carboxylic acids is 2. The molecule has 0 bridgehead atoms. The van der Waals surface area contributed by atoms with Gasteiger partial charge in [-0.3, -0.25) is 4.79 Å². The van der Waals surface area contributed by atoms with Crippen LogP contribution in [0.5, 0.6) is 0 Å². The Hall–Kier alpha value is -3.53. The second-order valence-electron chi connectivity index (χ2n) is 6.74. The van der Waals surface area contributed by atoms with Crippen LogP contribution in [0.25, 0.3) is 0 Å². The van der Waals surface area contributed by atoms with E-state index in [-0.39, 0.29) is 18.1 Å². The van der Waals surface area contributed by atoms with E-state index in [4.69, 9.17) is 4.84 Å². The van der Waals surface area contributed by atoms with Crippen LogP contribution < -0.4 is 0 Å². The molecule has 0 aromatic heterocycles. The molecule has 1 heterocycles. The van der Waals surface area contributed by atoms with E-state index in [0.717, 1.165) is 11.1 Å². The minimum absolute atomic E-state index is 0.0124. The molecule has 4 nitrogen and oxygen atoms in total. The molecule has 0 aliphatic carbocycles. The Bertz CT molecular complexity index is 998. The van der Waals surface area contributed by atoms with Gasteiger partial charge in [-0.2, -0.15) is 0 Å². The van der Waals surface area contributed by atoms with Crippen molar-refractivity contribution in [2.24, 2.45) is 11.1 Å². The Morgan fingerprint density at radius 2 is 1.43 bits per heavy atom. The van der Waals surface area contributed by atoms with Crippen molar-refractivity contribution in [3.63, 3.8) is 0 Å². The molecule has 0 fully saturated rings. The van der Waals surface area contributed by atoms with E-state index in [1.165, 1.54) is 0 Å². The number of oxime groups is 1. The lowest BCUT2D eigenvalue weighted by Gasteiger charge is -2.22. The van der Waals surface area contributed by atoms with Gasteiger partial charge >= 0.3 is 5.97 Å². The van der Waals surface area contributed by atoms with Crippen LogP contribution in [-0.4, -0.2) is 17.5 Å². The first-order valence-corrected chi connectivity index (χ1v) is 9.21.